The number of nitrogens with one attached hydrogen (secondary N) is 1. The van der Waals surface area contributed by atoms with Crippen molar-refractivity contribution in [1.29, 1.82) is 0 Å². The molecule has 0 aliphatic heterocycles. The third-order valence-corrected chi connectivity index (χ3v) is 5.40. The number of amides is 1. The van der Waals surface area contributed by atoms with E-state index < -0.39 is 0 Å². The van der Waals surface area contributed by atoms with Crippen LogP contribution < -0.4 is 15.8 Å². The van der Waals surface area contributed by atoms with Crippen molar-refractivity contribution in [3.63, 3.8) is 0 Å². The van der Waals surface area contributed by atoms with Gasteiger partial charge < -0.3 is 25.9 Å². The number of ether oxygens (including phenoxy) is 1. The van der Waals surface area contributed by atoms with Gasteiger partial charge in [0.15, 0.2) is 0 Å². The Balaban J connectivity index is 2.50. The quantitative estimate of drug-likeness (QED) is 0.146. The summed E-state index contributed by atoms with van der Waals surface area (Å²) in [7, 11) is 4.13. The highest BCUT2D eigenvalue weighted by molar-refractivity contribution is 9.11. The molecule has 164 valence electrons. The van der Waals surface area contributed by atoms with E-state index >= 15 is 0 Å². The Kier molecular flexibility index (Phi) is 13.2. The van der Waals surface area contributed by atoms with E-state index in [4.69, 9.17) is 10.5 Å². The highest BCUT2D eigenvalue weighted by Gasteiger charge is 2.15. The van der Waals surface area contributed by atoms with Gasteiger partial charge in [0.1, 0.15) is 11.5 Å². The van der Waals surface area contributed by atoms with Crippen LogP contribution >= 0.6 is 31.9 Å². The van der Waals surface area contributed by atoms with Crippen molar-refractivity contribution in [2.45, 2.75) is 38.5 Å². The molecule has 0 fully saturated rings. The number of hydrogen-bond acceptors (Lipinski definition) is 6. The van der Waals surface area contributed by atoms with E-state index in [9.17, 15) is 10.0 Å². The lowest BCUT2D eigenvalue weighted by Crippen LogP contribution is -2.33. The van der Waals surface area contributed by atoms with Gasteiger partial charge in [0.05, 0.1) is 15.6 Å². The molecule has 0 atom stereocenters. The number of nitrogens with two attached hydrogens (primary N) is 1. The largest absolute Gasteiger partial charge is 0.491 e. The first kappa shape index (κ1) is 25.9. The SMILES string of the molecule is CN(C)CCCCCCNC(=O)/C(Cc1cc(Br)c(OCCCN)c(Br)c1)=N/O. The number of hydrogen-bond donors (Lipinski definition) is 3. The molecule has 0 heterocycles. The zero-order valence-corrected chi connectivity index (χ0v) is 20.4. The smallest absolute Gasteiger partial charge is 0.269 e. The predicted octanol–water partition coefficient (Wildman–Crippen LogP) is 3.55. The maximum absolute atomic E-state index is 12.3. The van der Waals surface area contributed by atoms with Crippen LogP contribution in [0.3, 0.4) is 0 Å². The molecule has 7 nitrogen and oxygen atoms in total. The van der Waals surface area contributed by atoms with Crippen LogP contribution in [0.5, 0.6) is 5.75 Å². The zero-order valence-electron chi connectivity index (χ0n) is 17.2. The van der Waals surface area contributed by atoms with Gasteiger partial charge in [0, 0.05) is 13.0 Å². The van der Waals surface area contributed by atoms with Crippen molar-refractivity contribution in [3.05, 3.63) is 26.6 Å². The first-order chi connectivity index (χ1) is 13.9. The zero-order chi connectivity index (χ0) is 21.6. The molecule has 1 aromatic carbocycles. The summed E-state index contributed by atoms with van der Waals surface area (Å²) in [5, 5.41) is 15.3. The highest BCUT2D eigenvalue weighted by Crippen LogP contribution is 2.35. The molecule has 0 saturated heterocycles. The number of rotatable bonds is 14. The summed E-state index contributed by atoms with van der Waals surface area (Å²) in [5.74, 6) is 0.333. The number of carbonyl (C=O) groups is 1. The summed E-state index contributed by atoms with van der Waals surface area (Å²) in [4.78, 5) is 14.5. The summed E-state index contributed by atoms with van der Waals surface area (Å²) < 4.78 is 7.23. The maximum atomic E-state index is 12.3. The minimum absolute atomic E-state index is 0.0770. The van der Waals surface area contributed by atoms with Crippen LogP contribution in [0.15, 0.2) is 26.2 Å². The van der Waals surface area contributed by atoms with E-state index in [1.807, 2.05) is 12.1 Å². The fourth-order valence-corrected chi connectivity index (χ4v) is 4.19. The van der Waals surface area contributed by atoms with Crippen LogP contribution in [0, 0.1) is 0 Å². The monoisotopic (exact) mass is 534 g/mol. The van der Waals surface area contributed by atoms with Crippen molar-refractivity contribution < 1.29 is 14.7 Å². The molecule has 1 rings (SSSR count). The molecule has 29 heavy (non-hydrogen) atoms. The van der Waals surface area contributed by atoms with Crippen molar-refractivity contribution >= 4 is 43.5 Å². The van der Waals surface area contributed by atoms with E-state index in [-0.39, 0.29) is 18.0 Å². The molecule has 0 aromatic heterocycles. The summed E-state index contributed by atoms with van der Waals surface area (Å²) in [6.07, 6.45) is 5.23. The molecular formula is C20H32Br2N4O3. The lowest BCUT2D eigenvalue weighted by molar-refractivity contribution is -0.115. The van der Waals surface area contributed by atoms with E-state index in [2.05, 4.69) is 61.3 Å². The topological polar surface area (TPSA) is 100 Å². The maximum Gasteiger partial charge on any atom is 0.269 e. The predicted molar refractivity (Wildman–Crippen MR) is 124 cm³/mol. The van der Waals surface area contributed by atoms with Crippen LogP contribution in [0.2, 0.25) is 0 Å². The average Bonchev–Trinajstić information content (AvgIpc) is 2.67. The van der Waals surface area contributed by atoms with Crippen molar-refractivity contribution in [2.75, 3.05) is 40.3 Å². The standard InChI is InChI=1S/C20H32Br2N4O3/c1-26(2)10-6-4-3-5-9-24-20(27)18(25-28)14-15-12-16(21)19(17(22)13-15)29-11-7-8-23/h12-13,28H,3-11,14,23H2,1-2H3,(H,24,27)/b25-18+. The number of nitrogens with zero attached hydrogens (tertiary/aromatic N) is 2. The van der Waals surface area contributed by atoms with Gasteiger partial charge in [-0.25, -0.2) is 0 Å². The molecule has 0 bridgehead atoms. The van der Waals surface area contributed by atoms with Crippen LogP contribution in [0.4, 0.5) is 0 Å². The van der Waals surface area contributed by atoms with Gasteiger partial charge in [-0.3, -0.25) is 4.79 Å². The van der Waals surface area contributed by atoms with Crippen LogP contribution in [0.25, 0.3) is 0 Å². The van der Waals surface area contributed by atoms with Crippen molar-refractivity contribution in [2.24, 2.45) is 10.9 Å². The molecule has 4 N–H and O–H groups in total. The van der Waals surface area contributed by atoms with Crippen molar-refractivity contribution in [1.82, 2.24) is 10.2 Å². The highest BCUT2D eigenvalue weighted by atomic mass is 79.9. The lowest BCUT2D eigenvalue weighted by Gasteiger charge is -2.12. The number of oxime groups is 1. The van der Waals surface area contributed by atoms with Gasteiger partial charge >= 0.3 is 0 Å². The second kappa shape index (κ2) is 14.8. The minimum Gasteiger partial charge on any atom is -0.491 e. The van der Waals surface area contributed by atoms with Crippen molar-refractivity contribution in [3.8, 4) is 5.75 Å². The molecule has 0 spiro atoms. The second-order valence-electron chi connectivity index (χ2n) is 7.08. The van der Waals surface area contributed by atoms with E-state index in [1.54, 1.807) is 0 Å². The fraction of sp³-hybridized carbons (Fsp3) is 0.600. The van der Waals surface area contributed by atoms with Gasteiger partial charge in [-0.05, 0) is 96.0 Å². The Bertz CT molecular complexity index is 646. The molecule has 0 unspecified atom stereocenters. The normalized spacial score (nSPS) is 11.7. The Morgan fingerprint density at radius 3 is 2.41 bits per heavy atom. The summed E-state index contributed by atoms with van der Waals surface area (Å²) in [6.45, 7) is 2.74. The summed E-state index contributed by atoms with van der Waals surface area (Å²) in [6, 6.07) is 3.71. The minimum atomic E-state index is -0.351. The number of unbranched alkanes of at least 4 members (excludes halogenated alkanes) is 3. The Labute approximate surface area is 190 Å². The molecule has 0 aliphatic carbocycles. The number of carbonyl (C=O) groups excluding carboxylic acids is 1. The van der Waals surface area contributed by atoms with E-state index in [1.165, 1.54) is 0 Å². The molecule has 0 saturated carbocycles. The summed E-state index contributed by atoms with van der Waals surface area (Å²) in [5.41, 5.74) is 6.39. The first-order valence-corrected chi connectivity index (χ1v) is 11.4. The fourth-order valence-electron chi connectivity index (χ4n) is 2.67. The van der Waals surface area contributed by atoms with Gasteiger partial charge in [-0.15, -0.1) is 0 Å². The van der Waals surface area contributed by atoms with Gasteiger partial charge in [-0.1, -0.05) is 18.0 Å². The summed E-state index contributed by atoms with van der Waals surface area (Å²) >= 11 is 6.98. The molecular weight excluding hydrogens is 504 g/mol. The third kappa shape index (κ3) is 10.4. The molecule has 1 aromatic rings. The number of halogens is 2. The number of benzene rings is 1. The Hall–Kier alpha value is -1.16. The van der Waals surface area contributed by atoms with Crippen LogP contribution in [-0.2, 0) is 11.2 Å². The average molecular weight is 536 g/mol. The molecule has 0 radical (unpaired) electrons. The first-order valence-electron chi connectivity index (χ1n) is 9.83. The van der Waals surface area contributed by atoms with Gasteiger partial charge in [0.2, 0.25) is 0 Å². The Morgan fingerprint density at radius 1 is 1.17 bits per heavy atom. The third-order valence-electron chi connectivity index (χ3n) is 4.22. The molecule has 9 heteroatoms. The lowest BCUT2D eigenvalue weighted by atomic mass is 10.1. The van der Waals surface area contributed by atoms with E-state index in [0.29, 0.717) is 25.4 Å². The van der Waals surface area contributed by atoms with E-state index in [0.717, 1.165) is 53.2 Å². The van der Waals surface area contributed by atoms with Crippen LogP contribution in [-0.4, -0.2) is 62.1 Å². The Morgan fingerprint density at radius 2 is 1.83 bits per heavy atom. The second-order valence-corrected chi connectivity index (χ2v) is 8.78. The van der Waals surface area contributed by atoms with Crippen LogP contribution in [0.1, 0.15) is 37.7 Å². The van der Waals surface area contributed by atoms with Gasteiger partial charge in [0.25, 0.3) is 5.91 Å². The van der Waals surface area contributed by atoms with Gasteiger partial charge in [-0.2, -0.15) is 0 Å². The molecule has 1 amide bonds. The molecule has 0 aliphatic rings.